The van der Waals surface area contributed by atoms with E-state index in [1.54, 1.807) is 24.3 Å². The molecule has 0 saturated carbocycles. The molecule has 0 aliphatic rings. The highest BCUT2D eigenvalue weighted by Gasteiger charge is 2.27. The third-order valence-electron chi connectivity index (χ3n) is 2.29. The smallest absolute Gasteiger partial charge is 0.252 e. The lowest BCUT2D eigenvalue weighted by atomic mass is 10.0. The number of rotatable bonds is 6. The van der Waals surface area contributed by atoms with Crippen LogP contribution in [0.3, 0.4) is 0 Å². The first-order valence-electron chi connectivity index (χ1n) is 5.28. The molecule has 90 valence electrons. The lowest BCUT2D eigenvalue weighted by Gasteiger charge is -2.16. The standard InChI is InChI=1S/C12H16F2O2/c1-2-12(13,14)9-10-5-3-4-6-11(10)16-8-7-15/h3-6,15H,2,7-9H2,1H3. The van der Waals surface area contributed by atoms with Gasteiger partial charge in [-0.2, -0.15) is 0 Å². The fraction of sp³-hybridized carbons (Fsp3) is 0.500. The molecule has 0 heterocycles. The highest BCUT2D eigenvalue weighted by atomic mass is 19.3. The summed E-state index contributed by atoms with van der Waals surface area (Å²) in [5, 5.41) is 8.62. The maximum absolute atomic E-state index is 13.2. The van der Waals surface area contributed by atoms with Crippen molar-refractivity contribution in [2.75, 3.05) is 13.2 Å². The lowest BCUT2D eigenvalue weighted by Crippen LogP contribution is -2.18. The van der Waals surface area contributed by atoms with Crippen molar-refractivity contribution in [2.45, 2.75) is 25.7 Å². The number of aliphatic hydroxyl groups excluding tert-OH is 1. The number of hydrogen-bond donors (Lipinski definition) is 1. The van der Waals surface area contributed by atoms with Gasteiger partial charge in [-0.25, -0.2) is 8.78 Å². The molecule has 1 N–H and O–H groups in total. The van der Waals surface area contributed by atoms with E-state index in [2.05, 4.69) is 0 Å². The van der Waals surface area contributed by atoms with Gasteiger partial charge in [0.1, 0.15) is 12.4 Å². The highest BCUT2D eigenvalue weighted by Crippen LogP contribution is 2.28. The van der Waals surface area contributed by atoms with Crippen LogP contribution in [0.25, 0.3) is 0 Å². The van der Waals surface area contributed by atoms with Crippen LogP contribution < -0.4 is 4.74 Å². The molecule has 1 aromatic carbocycles. The van der Waals surface area contributed by atoms with Crippen LogP contribution in [0.5, 0.6) is 5.75 Å². The van der Waals surface area contributed by atoms with E-state index in [-0.39, 0.29) is 26.1 Å². The quantitative estimate of drug-likeness (QED) is 0.814. The Morgan fingerprint density at radius 1 is 1.31 bits per heavy atom. The van der Waals surface area contributed by atoms with Crippen LogP contribution in [0.4, 0.5) is 8.78 Å². The molecule has 0 fully saturated rings. The van der Waals surface area contributed by atoms with E-state index in [1.165, 1.54) is 6.92 Å². The molecule has 1 aromatic rings. The summed E-state index contributed by atoms with van der Waals surface area (Å²) in [7, 11) is 0. The molecule has 2 nitrogen and oxygen atoms in total. The Balaban J connectivity index is 2.78. The minimum absolute atomic E-state index is 0.120. The fourth-order valence-electron chi connectivity index (χ4n) is 1.35. The van der Waals surface area contributed by atoms with Gasteiger partial charge in [-0.15, -0.1) is 0 Å². The first kappa shape index (κ1) is 12.9. The van der Waals surface area contributed by atoms with Crippen molar-refractivity contribution in [1.82, 2.24) is 0 Å². The van der Waals surface area contributed by atoms with Crippen LogP contribution in [-0.2, 0) is 6.42 Å². The summed E-state index contributed by atoms with van der Waals surface area (Å²) >= 11 is 0. The summed E-state index contributed by atoms with van der Waals surface area (Å²) in [5.74, 6) is -2.29. The minimum Gasteiger partial charge on any atom is -0.491 e. The summed E-state index contributed by atoms with van der Waals surface area (Å²) in [6, 6.07) is 6.68. The number of ether oxygens (including phenoxy) is 1. The van der Waals surface area contributed by atoms with Gasteiger partial charge >= 0.3 is 0 Å². The molecule has 0 aliphatic carbocycles. The lowest BCUT2D eigenvalue weighted by molar-refractivity contribution is -0.00285. The molecule has 0 aliphatic heterocycles. The van der Waals surface area contributed by atoms with E-state index >= 15 is 0 Å². The molecule has 0 spiro atoms. The van der Waals surface area contributed by atoms with E-state index in [4.69, 9.17) is 9.84 Å². The number of benzene rings is 1. The molecular weight excluding hydrogens is 214 g/mol. The van der Waals surface area contributed by atoms with Crippen LogP contribution in [0.2, 0.25) is 0 Å². The van der Waals surface area contributed by atoms with Gasteiger partial charge in [0, 0.05) is 18.4 Å². The summed E-state index contributed by atoms with van der Waals surface area (Å²) in [5.41, 5.74) is 0.475. The third kappa shape index (κ3) is 3.77. The molecule has 0 atom stereocenters. The molecule has 1 rings (SSSR count). The van der Waals surface area contributed by atoms with Crippen molar-refractivity contribution in [3.05, 3.63) is 29.8 Å². The largest absolute Gasteiger partial charge is 0.491 e. The summed E-state index contributed by atoms with van der Waals surface area (Å²) < 4.78 is 31.7. The van der Waals surface area contributed by atoms with Gasteiger partial charge in [0.15, 0.2) is 0 Å². The van der Waals surface area contributed by atoms with Crippen molar-refractivity contribution in [1.29, 1.82) is 0 Å². The van der Waals surface area contributed by atoms with E-state index in [0.29, 0.717) is 11.3 Å². The van der Waals surface area contributed by atoms with Crippen LogP contribution >= 0.6 is 0 Å². The maximum atomic E-state index is 13.2. The van der Waals surface area contributed by atoms with E-state index in [0.717, 1.165) is 0 Å². The van der Waals surface area contributed by atoms with E-state index < -0.39 is 5.92 Å². The zero-order valence-corrected chi connectivity index (χ0v) is 9.25. The van der Waals surface area contributed by atoms with Gasteiger partial charge in [0.25, 0.3) is 5.92 Å². The zero-order valence-electron chi connectivity index (χ0n) is 9.25. The van der Waals surface area contributed by atoms with Crippen molar-refractivity contribution in [3.63, 3.8) is 0 Å². The Morgan fingerprint density at radius 3 is 2.62 bits per heavy atom. The molecule has 16 heavy (non-hydrogen) atoms. The zero-order chi connectivity index (χ0) is 12.0. The monoisotopic (exact) mass is 230 g/mol. The molecule has 0 saturated heterocycles. The Kier molecular flexibility index (Phi) is 4.68. The first-order valence-corrected chi connectivity index (χ1v) is 5.28. The maximum Gasteiger partial charge on any atom is 0.252 e. The predicted molar refractivity (Wildman–Crippen MR) is 58.0 cm³/mol. The molecule has 0 amide bonds. The predicted octanol–water partition coefficient (Wildman–Crippen LogP) is 2.65. The molecule has 4 heteroatoms. The topological polar surface area (TPSA) is 29.5 Å². The van der Waals surface area contributed by atoms with Gasteiger partial charge in [0.05, 0.1) is 6.61 Å². The molecule has 0 radical (unpaired) electrons. The van der Waals surface area contributed by atoms with Gasteiger partial charge in [-0.1, -0.05) is 25.1 Å². The fourth-order valence-corrected chi connectivity index (χ4v) is 1.35. The number of para-hydroxylation sites is 1. The Hall–Kier alpha value is -1.16. The van der Waals surface area contributed by atoms with E-state index in [1.807, 2.05) is 0 Å². The van der Waals surface area contributed by atoms with Gasteiger partial charge < -0.3 is 9.84 Å². The minimum atomic E-state index is -2.71. The van der Waals surface area contributed by atoms with Gasteiger partial charge in [-0.05, 0) is 6.07 Å². The highest BCUT2D eigenvalue weighted by molar-refractivity contribution is 5.34. The second-order valence-electron chi connectivity index (χ2n) is 3.57. The Bertz CT molecular complexity index is 327. The van der Waals surface area contributed by atoms with Crippen LogP contribution in [0.15, 0.2) is 24.3 Å². The average molecular weight is 230 g/mol. The second kappa shape index (κ2) is 5.80. The SMILES string of the molecule is CCC(F)(F)Cc1ccccc1OCCO. The normalized spacial score (nSPS) is 11.5. The molecular formula is C12H16F2O2. The number of hydrogen-bond acceptors (Lipinski definition) is 2. The van der Waals surface area contributed by atoms with Gasteiger partial charge in [0.2, 0.25) is 0 Å². The van der Waals surface area contributed by atoms with Crippen molar-refractivity contribution in [2.24, 2.45) is 0 Å². The van der Waals surface area contributed by atoms with Crippen LogP contribution in [0.1, 0.15) is 18.9 Å². The van der Waals surface area contributed by atoms with E-state index in [9.17, 15) is 8.78 Å². The number of halogens is 2. The number of alkyl halides is 2. The Morgan fingerprint density at radius 2 is 2.00 bits per heavy atom. The third-order valence-corrected chi connectivity index (χ3v) is 2.29. The van der Waals surface area contributed by atoms with Crippen LogP contribution in [0, 0.1) is 0 Å². The Labute approximate surface area is 93.9 Å². The number of aliphatic hydroxyl groups is 1. The van der Waals surface area contributed by atoms with Gasteiger partial charge in [-0.3, -0.25) is 0 Å². The summed E-state index contributed by atoms with van der Waals surface area (Å²) in [4.78, 5) is 0. The second-order valence-corrected chi connectivity index (χ2v) is 3.57. The average Bonchev–Trinajstić information content (AvgIpc) is 2.27. The molecule has 0 bridgehead atoms. The van der Waals surface area contributed by atoms with Crippen molar-refractivity contribution >= 4 is 0 Å². The first-order chi connectivity index (χ1) is 7.59. The molecule has 0 unspecified atom stereocenters. The van der Waals surface area contributed by atoms with Crippen molar-refractivity contribution in [3.8, 4) is 5.75 Å². The molecule has 0 aromatic heterocycles. The summed E-state index contributed by atoms with van der Waals surface area (Å²) in [6.45, 7) is 1.45. The summed E-state index contributed by atoms with van der Waals surface area (Å²) in [6.07, 6.45) is -0.521. The van der Waals surface area contributed by atoms with Crippen molar-refractivity contribution < 1.29 is 18.6 Å². The van der Waals surface area contributed by atoms with Crippen LogP contribution in [-0.4, -0.2) is 24.2 Å².